The molecule has 1 saturated heterocycles. The number of nitrogens with zero attached hydrogens (tertiary/aromatic N) is 1. The molecule has 0 unspecified atom stereocenters. The normalized spacial score (nSPS) is 20.4. The molecule has 3 rings (SSSR count). The number of rotatable bonds is 6. The van der Waals surface area contributed by atoms with Crippen LogP contribution < -0.4 is 14.8 Å². The van der Waals surface area contributed by atoms with Crippen LogP contribution in [-0.4, -0.2) is 50.6 Å². The Morgan fingerprint density at radius 1 is 1.04 bits per heavy atom. The smallest absolute Gasteiger partial charge is 0.251 e. The monoisotopic (exact) mass is 374 g/mol. The van der Waals surface area contributed by atoms with E-state index in [0.29, 0.717) is 35.4 Å². The molecule has 1 atom stereocenters. The van der Waals surface area contributed by atoms with Gasteiger partial charge in [0.1, 0.15) is 11.5 Å². The molecule has 1 aromatic carbocycles. The Labute approximate surface area is 161 Å². The summed E-state index contributed by atoms with van der Waals surface area (Å²) in [5, 5.41) is 3.01. The van der Waals surface area contributed by atoms with Crippen LogP contribution in [0, 0.1) is 11.8 Å². The first kappa shape index (κ1) is 19.5. The molecular weight excluding hydrogens is 344 g/mol. The van der Waals surface area contributed by atoms with Gasteiger partial charge in [0.2, 0.25) is 5.91 Å². The Kier molecular flexibility index (Phi) is 6.58. The molecule has 0 bridgehead atoms. The van der Waals surface area contributed by atoms with Crippen LogP contribution in [0.4, 0.5) is 0 Å². The molecule has 2 fully saturated rings. The van der Waals surface area contributed by atoms with Crippen molar-refractivity contribution in [1.82, 2.24) is 10.2 Å². The van der Waals surface area contributed by atoms with Gasteiger partial charge in [0.15, 0.2) is 0 Å². The van der Waals surface area contributed by atoms with Crippen molar-refractivity contribution in [1.29, 1.82) is 0 Å². The van der Waals surface area contributed by atoms with Gasteiger partial charge in [-0.25, -0.2) is 0 Å². The molecule has 148 valence electrons. The highest BCUT2D eigenvalue weighted by Crippen LogP contribution is 2.28. The van der Waals surface area contributed by atoms with Crippen molar-refractivity contribution < 1.29 is 19.1 Å². The van der Waals surface area contributed by atoms with Crippen molar-refractivity contribution in [3.63, 3.8) is 0 Å². The van der Waals surface area contributed by atoms with E-state index in [2.05, 4.69) is 5.32 Å². The number of hydrogen-bond acceptors (Lipinski definition) is 4. The van der Waals surface area contributed by atoms with Crippen LogP contribution in [0.1, 0.15) is 48.9 Å². The quantitative estimate of drug-likeness (QED) is 0.831. The molecular formula is C21H30N2O4. The predicted molar refractivity (Wildman–Crippen MR) is 103 cm³/mol. The van der Waals surface area contributed by atoms with E-state index in [-0.39, 0.29) is 11.8 Å². The zero-order chi connectivity index (χ0) is 19.2. The fourth-order valence-electron chi connectivity index (χ4n) is 4.14. The minimum atomic E-state index is -0.147. The number of benzene rings is 1. The molecule has 0 radical (unpaired) electrons. The van der Waals surface area contributed by atoms with Crippen molar-refractivity contribution >= 4 is 11.8 Å². The molecule has 2 amide bonds. The second-order valence-electron chi connectivity index (χ2n) is 7.59. The van der Waals surface area contributed by atoms with Gasteiger partial charge < -0.3 is 19.7 Å². The third-order valence-corrected chi connectivity index (χ3v) is 5.70. The summed E-state index contributed by atoms with van der Waals surface area (Å²) in [5.41, 5.74) is 0.515. The summed E-state index contributed by atoms with van der Waals surface area (Å²) < 4.78 is 10.5. The van der Waals surface area contributed by atoms with Gasteiger partial charge in [-0.1, -0.05) is 12.8 Å². The maximum Gasteiger partial charge on any atom is 0.251 e. The van der Waals surface area contributed by atoms with E-state index < -0.39 is 0 Å². The molecule has 1 N–H and O–H groups in total. The Hall–Kier alpha value is -2.24. The number of carbonyl (C=O) groups is 2. The Bertz CT molecular complexity index is 648. The van der Waals surface area contributed by atoms with Gasteiger partial charge in [-0.3, -0.25) is 9.59 Å². The second kappa shape index (κ2) is 9.11. The number of amides is 2. The van der Waals surface area contributed by atoms with E-state index in [0.717, 1.165) is 38.8 Å². The van der Waals surface area contributed by atoms with Gasteiger partial charge >= 0.3 is 0 Å². The van der Waals surface area contributed by atoms with Gasteiger partial charge in [-0.2, -0.15) is 0 Å². The lowest BCUT2D eigenvalue weighted by Crippen LogP contribution is -2.45. The molecule has 27 heavy (non-hydrogen) atoms. The highest BCUT2D eigenvalue weighted by Gasteiger charge is 2.30. The zero-order valence-electron chi connectivity index (χ0n) is 16.3. The first-order valence-electron chi connectivity index (χ1n) is 9.90. The van der Waals surface area contributed by atoms with Crippen molar-refractivity contribution in [2.24, 2.45) is 11.8 Å². The topological polar surface area (TPSA) is 67.9 Å². The SMILES string of the molecule is COc1cc(OC)cc(C(=O)NC[C@@H]2CCCN(C(=O)C3CCCC3)C2)c1. The Morgan fingerprint density at radius 2 is 1.70 bits per heavy atom. The van der Waals surface area contributed by atoms with Gasteiger partial charge in [0.25, 0.3) is 5.91 Å². The van der Waals surface area contributed by atoms with E-state index in [1.807, 2.05) is 4.90 Å². The number of carbonyl (C=O) groups excluding carboxylic acids is 2. The van der Waals surface area contributed by atoms with Crippen molar-refractivity contribution in [3.05, 3.63) is 23.8 Å². The fraction of sp³-hybridized carbons (Fsp3) is 0.619. The molecule has 1 aliphatic heterocycles. The average Bonchev–Trinajstić information content (AvgIpc) is 3.26. The second-order valence-corrected chi connectivity index (χ2v) is 7.59. The van der Waals surface area contributed by atoms with E-state index in [1.165, 1.54) is 12.8 Å². The molecule has 1 aliphatic carbocycles. The minimum absolute atomic E-state index is 0.147. The first-order valence-corrected chi connectivity index (χ1v) is 9.90. The summed E-state index contributed by atoms with van der Waals surface area (Å²) >= 11 is 0. The lowest BCUT2D eigenvalue weighted by molar-refractivity contribution is -0.137. The van der Waals surface area contributed by atoms with Crippen LogP contribution in [0.15, 0.2) is 18.2 Å². The number of likely N-dealkylation sites (tertiary alicyclic amines) is 1. The summed E-state index contributed by atoms with van der Waals surface area (Å²) in [6.45, 7) is 2.18. The summed E-state index contributed by atoms with van der Waals surface area (Å²) in [6.07, 6.45) is 6.46. The molecule has 6 heteroatoms. The van der Waals surface area contributed by atoms with Crippen LogP contribution in [0.3, 0.4) is 0 Å². The van der Waals surface area contributed by atoms with Crippen molar-refractivity contribution in [2.75, 3.05) is 33.9 Å². The minimum Gasteiger partial charge on any atom is -0.497 e. The molecule has 1 saturated carbocycles. The van der Waals surface area contributed by atoms with E-state index in [1.54, 1.807) is 32.4 Å². The number of ether oxygens (including phenoxy) is 2. The summed E-state index contributed by atoms with van der Waals surface area (Å²) in [5.74, 6) is 1.88. The number of piperidine rings is 1. The number of hydrogen-bond donors (Lipinski definition) is 1. The zero-order valence-corrected chi connectivity index (χ0v) is 16.3. The third-order valence-electron chi connectivity index (χ3n) is 5.70. The molecule has 6 nitrogen and oxygen atoms in total. The lowest BCUT2D eigenvalue weighted by atomic mass is 9.96. The molecule has 1 aromatic rings. The van der Waals surface area contributed by atoms with Crippen molar-refractivity contribution in [3.8, 4) is 11.5 Å². The van der Waals surface area contributed by atoms with Crippen LogP contribution in [-0.2, 0) is 4.79 Å². The van der Waals surface area contributed by atoms with Crippen LogP contribution in [0.5, 0.6) is 11.5 Å². The first-order chi connectivity index (χ1) is 13.1. The molecule has 0 spiro atoms. The molecule has 1 heterocycles. The molecule has 0 aromatic heterocycles. The highest BCUT2D eigenvalue weighted by molar-refractivity contribution is 5.95. The van der Waals surface area contributed by atoms with Crippen LogP contribution >= 0.6 is 0 Å². The highest BCUT2D eigenvalue weighted by atomic mass is 16.5. The maximum absolute atomic E-state index is 12.7. The van der Waals surface area contributed by atoms with E-state index >= 15 is 0 Å². The van der Waals surface area contributed by atoms with Gasteiger partial charge in [0.05, 0.1) is 14.2 Å². The third kappa shape index (κ3) is 4.93. The standard InChI is InChI=1S/C21H30N2O4/c1-26-18-10-17(11-19(12-18)27-2)20(24)22-13-15-6-5-9-23(14-15)21(25)16-7-3-4-8-16/h10-12,15-16H,3-9,13-14H2,1-2H3,(H,22,24)/t15-/m0/s1. The lowest BCUT2D eigenvalue weighted by Gasteiger charge is -2.34. The average molecular weight is 374 g/mol. The summed E-state index contributed by atoms with van der Waals surface area (Å²) in [7, 11) is 3.13. The van der Waals surface area contributed by atoms with E-state index in [4.69, 9.17) is 9.47 Å². The largest absolute Gasteiger partial charge is 0.497 e. The van der Waals surface area contributed by atoms with E-state index in [9.17, 15) is 9.59 Å². The number of methoxy groups -OCH3 is 2. The number of nitrogens with one attached hydrogen (secondary N) is 1. The molecule has 2 aliphatic rings. The van der Waals surface area contributed by atoms with Gasteiger partial charge in [-0.05, 0) is 43.7 Å². The predicted octanol–water partition coefficient (Wildman–Crippen LogP) is 2.86. The summed E-state index contributed by atoms with van der Waals surface area (Å²) in [4.78, 5) is 27.2. The van der Waals surface area contributed by atoms with Crippen molar-refractivity contribution in [2.45, 2.75) is 38.5 Å². The Morgan fingerprint density at radius 3 is 2.33 bits per heavy atom. The summed E-state index contributed by atoms with van der Waals surface area (Å²) in [6, 6.07) is 5.15. The Balaban J connectivity index is 1.54. The maximum atomic E-state index is 12.7. The van der Waals surface area contributed by atoms with Gasteiger partial charge in [-0.15, -0.1) is 0 Å². The fourth-order valence-corrected chi connectivity index (χ4v) is 4.14. The van der Waals surface area contributed by atoms with Crippen LogP contribution in [0.2, 0.25) is 0 Å². The van der Waals surface area contributed by atoms with Crippen LogP contribution in [0.25, 0.3) is 0 Å². The van der Waals surface area contributed by atoms with Gasteiger partial charge in [0, 0.05) is 37.2 Å².